The molecule has 392 valence electrons. The van der Waals surface area contributed by atoms with Crippen molar-refractivity contribution in [3.05, 3.63) is 72.0 Å². The van der Waals surface area contributed by atoms with Crippen LogP contribution in [0.5, 0.6) is 0 Å². The molecule has 0 spiro atoms. The van der Waals surface area contributed by atoms with Crippen LogP contribution in [-0.2, 0) is 54.3 Å². The van der Waals surface area contributed by atoms with Gasteiger partial charge in [0.2, 0.25) is 35.4 Å². The second kappa shape index (κ2) is 29.2. The third kappa shape index (κ3) is 20.0. The first-order valence-corrected chi connectivity index (χ1v) is 23.5. The summed E-state index contributed by atoms with van der Waals surface area (Å²) in [6.07, 6.45) is 4.64. The number of guanidine groups is 1. The number of carbonyl (C=O) groups excluding carboxylic acids is 7. The summed E-state index contributed by atoms with van der Waals surface area (Å²) in [7, 11) is 2.82. The average molecular weight is 995 g/mol. The normalized spacial score (nSPS) is 25.3. The molecule has 1 saturated heterocycles. The van der Waals surface area contributed by atoms with Gasteiger partial charge in [0.1, 0.15) is 35.9 Å². The van der Waals surface area contributed by atoms with Gasteiger partial charge in [0.15, 0.2) is 5.96 Å². The predicted molar refractivity (Wildman–Crippen MR) is 264 cm³/mol. The zero-order chi connectivity index (χ0) is 53.7. The van der Waals surface area contributed by atoms with E-state index >= 15 is 0 Å². The first-order valence-electron chi connectivity index (χ1n) is 23.5. The highest BCUT2D eigenvalue weighted by atomic mass is 16.5. The molecular formula is C49H74N10O12. The SMILES string of the molecule is C=C1C(=O)N[C@H](C)C(=O)N[C@@H](CC(C)C)C(=O)N[C@@H](C(=O)O)[C@H](C)C(=O)N[C@@H](CCCN=C(N)N)C(=O)N[C@H](C=CC(C)=C[C@@H](C)[C@H](Cc2ccccc2)OC)[C@H](C)C(=O)N[C@@H](C(=O)O)CCC(=O)N1C. The van der Waals surface area contributed by atoms with Crippen LogP contribution in [0.15, 0.2) is 71.4 Å². The number of methoxy groups -OCH3 is 1. The smallest absolute Gasteiger partial charge is 0.327 e. The van der Waals surface area contributed by atoms with Crippen LogP contribution in [0.25, 0.3) is 0 Å². The summed E-state index contributed by atoms with van der Waals surface area (Å²) < 4.78 is 5.81. The minimum Gasteiger partial charge on any atom is -0.480 e. The lowest BCUT2D eigenvalue weighted by atomic mass is 9.94. The fourth-order valence-corrected chi connectivity index (χ4v) is 7.46. The van der Waals surface area contributed by atoms with Crippen LogP contribution < -0.4 is 43.4 Å². The van der Waals surface area contributed by atoms with Crippen LogP contribution >= 0.6 is 0 Å². The highest BCUT2D eigenvalue weighted by molar-refractivity contribution is 6.00. The Hall–Kier alpha value is -7.10. The molecule has 0 saturated carbocycles. The molecule has 0 radical (unpaired) electrons. The van der Waals surface area contributed by atoms with Crippen LogP contribution in [0.3, 0.4) is 0 Å². The van der Waals surface area contributed by atoms with E-state index in [-0.39, 0.29) is 49.7 Å². The van der Waals surface area contributed by atoms with Crippen molar-refractivity contribution in [1.82, 2.24) is 36.8 Å². The Balaban J connectivity index is 2.73. The number of benzene rings is 1. The first-order chi connectivity index (χ1) is 33.3. The summed E-state index contributed by atoms with van der Waals surface area (Å²) in [4.78, 5) is 126. The van der Waals surface area contributed by atoms with Gasteiger partial charge in [-0.05, 0) is 57.4 Å². The van der Waals surface area contributed by atoms with Gasteiger partial charge in [0.05, 0.1) is 24.0 Å². The second-order valence-corrected chi connectivity index (χ2v) is 18.3. The molecule has 0 aromatic heterocycles. The molecule has 1 fully saturated rings. The van der Waals surface area contributed by atoms with E-state index < -0.39 is 120 Å². The first kappa shape index (κ1) is 60.0. The fourth-order valence-electron chi connectivity index (χ4n) is 7.46. The highest BCUT2D eigenvalue weighted by Gasteiger charge is 2.37. The summed E-state index contributed by atoms with van der Waals surface area (Å²) in [5.74, 6) is -12.6. The number of ether oxygens (including phenoxy) is 1. The third-order valence-electron chi connectivity index (χ3n) is 12.0. The maximum absolute atomic E-state index is 14.4. The number of aliphatic imine (C=N–C) groups is 1. The van der Waals surface area contributed by atoms with Gasteiger partial charge >= 0.3 is 11.9 Å². The number of carboxylic acids is 2. The Kier molecular flexibility index (Phi) is 24.7. The van der Waals surface area contributed by atoms with Gasteiger partial charge in [0.25, 0.3) is 5.91 Å². The number of rotatable bonds is 15. The molecule has 12 N–H and O–H groups in total. The number of likely N-dealkylation sites (N-methyl/N-ethyl adjacent to an activating group) is 1. The highest BCUT2D eigenvalue weighted by Crippen LogP contribution is 2.19. The van der Waals surface area contributed by atoms with Crippen LogP contribution in [0.4, 0.5) is 0 Å². The standard InChI is InChI=1S/C49H74N10O12/c1-26(2)23-37-46(66)58-40(48(69)70)30(6)42(62)55-35(17-14-22-52-49(50)51)45(65)54-34(19-18-27(3)24-28(4)38(71-10)25-33-15-12-11-13-16-33)29(5)41(61)56-36(47(67)68)20-21-39(60)59(9)32(8)44(64)53-31(7)43(63)57-37/h11-13,15-16,18-19,24,26,28-31,34-38,40H,8,14,17,20-23,25H2,1-7,9-10H3,(H,53,64)(H,54,65)(H,55,62)(H,56,61)(H,57,63)(H,58,66)(H,67,68)(H,69,70)(H4,50,51,52)/t28-,29+,30+,31-,34-,35+,36-,37+,38+,40-/m1/s1. The minimum absolute atomic E-state index is 0.00610. The number of nitrogens with two attached hydrogens (primary N) is 2. The Morgan fingerprint density at radius 3 is 2.03 bits per heavy atom. The van der Waals surface area contributed by atoms with Gasteiger partial charge in [-0.1, -0.05) is 95.3 Å². The molecule has 0 aliphatic carbocycles. The van der Waals surface area contributed by atoms with Gasteiger partial charge in [-0.25, -0.2) is 9.59 Å². The molecule has 1 heterocycles. The van der Waals surface area contributed by atoms with Gasteiger partial charge in [-0.15, -0.1) is 0 Å². The molecule has 1 aromatic carbocycles. The minimum atomic E-state index is -1.88. The molecule has 0 bridgehead atoms. The molecule has 10 atom stereocenters. The van der Waals surface area contributed by atoms with Crippen LogP contribution in [0.2, 0.25) is 0 Å². The Labute approximate surface area is 415 Å². The maximum Gasteiger partial charge on any atom is 0.327 e. The van der Waals surface area contributed by atoms with Gasteiger partial charge in [0, 0.05) is 33.0 Å². The lowest BCUT2D eigenvalue weighted by molar-refractivity contribution is -0.146. The predicted octanol–water partition coefficient (Wildman–Crippen LogP) is 0.618. The molecule has 22 nitrogen and oxygen atoms in total. The molecule has 7 amide bonds. The molecular weight excluding hydrogens is 921 g/mol. The van der Waals surface area contributed by atoms with E-state index in [4.69, 9.17) is 16.2 Å². The molecule has 1 aromatic rings. The van der Waals surface area contributed by atoms with E-state index in [9.17, 15) is 53.4 Å². The van der Waals surface area contributed by atoms with Crippen LogP contribution in [0.1, 0.15) is 86.1 Å². The fraction of sp³-hybridized carbons (Fsp3) is 0.551. The topological polar surface area (TPSA) is 343 Å². The average Bonchev–Trinajstić information content (AvgIpc) is 3.31. The maximum atomic E-state index is 14.4. The number of carbonyl (C=O) groups is 9. The molecule has 1 aliphatic heterocycles. The number of hydrogen-bond donors (Lipinski definition) is 10. The molecule has 0 unspecified atom stereocenters. The van der Waals surface area contributed by atoms with E-state index in [1.54, 1.807) is 34.0 Å². The van der Waals surface area contributed by atoms with Crippen molar-refractivity contribution in [2.75, 3.05) is 20.7 Å². The monoisotopic (exact) mass is 995 g/mol. The number of hydrogen-bond acceptors (Lipinski definition) is 11. The van der Waals surface area contributed by atoms with Gasteiger partial charge in [-0.2, -0.15) is 0 Å². The summed E-state index contributed by atoms with van der Waals surface area (Å²) in [6, 6.07) is 0.998. The molecule has 71 heavy (non-hydrogen) atoms. The second-order valence-electron chi connectivity index (χ2n) is 18.3. The van der Waals surface area contributed by atoms with E-state index in [0.29, 0.717) is 12.0 Å². The van der Waals surface area contributed by atoms with Crippen molar-refractivity contribution in [3.8, 4) is 0 Å². The van der Waals surface area contributed by atoms with Crippen LogP contribution in [0, 0.1) is 23.7 Å². The van der Waals surface area contributed by atoms with E-state index in [0.717, 1.165) is 10.5 Å². The third-order valence-corrected chi connectivity index (χ3v) is 12.0. The summed E-state index contributed by atoms with van der Waals surface area (Å²) in [6.45, 7) is 14.9. The molecule has 2 rings (SSSR count). The zero-order valence-electron chi connectivity index (χ0n) is 42.2. The number of aliphatic carboxylic acids is 2. The van der Waals surface area contributed by atoms with Gasteiger partial charge < -0.3 is 63.2 Å². The Morgan fingerprint density at radius 1 is 0.845 bits per heavy atom. The lowest BCUT2D eigenvalue weighted by Crippen LogP contribution is -2.59. The summed E-state index contributed by atoms with van der Waals surface area (Å²) in [5, 5.41) is 35.5. The number of nitrogens with zero attached hydrogens (tertiary/aromatic N) is 2. The van der Waals surface area contributed by atoms with Crippen molar-refractivity contribution in [2.45, 2.75) is 129 Å². The zero-order valence-corrected chi connectivity index (χ0v) is 42.2. The molecule has 22 heteroatoms. The van der Waals surface area contributed by atoms with Gasteiger partial charge in [-0.3, -0.25) is 38.6 Å². The van der Waals surface area contributed by atoms with E-state index in [1.807, 2.05) is 43.3 Å². The largest absolute Gasteiger partial charge is 0.480 e. The van der Waals surface area contributed by atoms with Crippen molar-refractivity contribution >= 4 is 59.2 Å². The lowest BCUT2D eigenvalue weighted by Gasteiger charge is -2.28. The molecule has 1 aliphatic rings. The van der Waals surface area contributed by atoms with Crippen molar-refractivity contribution in [1.29, 1.82) is 0 Å². The van der Waals surface area contributed by atoms with Crippen molar-refractivity contribution in [3.63, 3.8) is 0 Å². The number of allylic oxidation sites excluding steroid dienone is 2. The van der Waals surface area contributed by atoms with E-state index in [2.05, 4.69) is 43.5 Å². The summed E-state index contributed by atoms with van der Waals surface area (Å²) >= 11 is 0. The quantitative estimate of drug-likeness (QED) is 0.0379. The van der Waals surface area contributed by atoms with E-state index in [1.165, 1.54) is 33.9 Å². The Morgan fingerprint density at radius 2 is 1.45 bits per heavy atom. The number of amides is 7. The number of carboxylic acid groups (broad SMARTS) is 2. The van der Waals surface area contributed by atoms with Crippen LogP contribution in [-0.4, -0.2) is 137 Å². The van der Waals surface area contributed by atoms with Crippen molar-refractivity contribution < 1.29 is 58.1 Å². The Bertz CT molecular complexity index is 2160. The van der Waals surface area contributed by atoms with Crippen molar-refractivity contribution in [2.24, 2.45) is 40.1 Å². The summed E-state index contributed by atoms with van der Waals surface area (Å²) in [5.41, 5.74) is 12.4. The number of nitrogens with one attached hydrogen (secondary N) is 6.